The van der Waals surface area contributed by atoms with Gasteiger partial charge in [0.2, 0.25) is 5.89 Å². The van der Waals surface area contributed by atoms with Gasteiger partial charge in [0.05, 0.1) is 5.75 Å². The average molecular weight is 309 g/mol. The number of hydrogen-bond donors (Lipinski definition) is 1. The molecule has 2 fully saturated rings. The van der Waals surface area contributed by atoms with Crippen LogP contribution in [0.2, 0.25) is 0 Å². The van der Waals surface area contributed by atoms with Gasteiger partial charge in [-0.25, -0.2) is 0 Å². The van der Waals surface area contributed by atoms with Crippen molar-refractivity contribution in [3.8, 4) is 0 Å². The van der Waals surface area contributed by atoms with Gasteiger partial charge in [-0.3, -0.25) is 0 Å². The Balaban J connectivity index is 1.53. The lowest BCUT2D eigenvalue weighted by Gasteiger charge is -2.36. The van der Waals surface area contributed by atoms with Crippen LogP contribution in [0, 0.1) is 0 Å². The van der Waals surface area contributed by atoms with E-state index < -0.39 is 0 Å². The van der Waals surface area contributed by atoms with E-state index in [4.69, 9.17) is 4.52 Å². The second kappa shape index (κ2) is 7.14. The van der Waals surface area contributed by atoms with Gasteiger partial charge in [0, 0.05) is 17.2 Å². The van der Waals surface area contributed by atoms with Crippen LogP contribution in [0.3, 0.4) is 0 Å². The highest BCUT2D eigenvalue weighted by molar-refractivity contribution is 7.99. The van der Waals surface area contributed by atoms with Crippen LogP contribution in [0.25, 0.3) is 0 Å². The predicted octanol–water partition coefficient (Wildman–Crippen LogP) is 3.71. The third kappa shape index (κ3) is 4.01. The molecule has 1 heterocycles. The lowest BCUT2D eigenvalue weighted by Crippen LogP contribution is -2.46. The third-order valence-corrected chi connectivity index (χ3v) is 6.46. The molecule has 4 nitrogen and oxygen atoms in total. The molecule has 1 aromatic heterocycles. The molecule has 1 aromatic rings. The standard InChI is InChI=1S/C16H27N3OS/c1-17-16(9-5-2-6-10-16)11-15-18-14(19-20-15)12-21-13-7-3-4-8-13/h13,17H,2-12H2,1H3. The molecule has 0 atom stereocenters. The summed E-state index contributed by atoms with van der Waals surface area (Å²) in [6.45, 7) is 0. The Morgan fingerprint density at radius 1 is 1.19 bits per heavy atom. The van der Waals surface area contributed by atoms with E-state index in [9.17, 15) is 0 Å². The summed E-state index contributed by atoms with van der Waals surface area (Å²) in [7, 11) is 2.07. The molecule has 0 amide bonds. The number of thioether (sulfide) groups is 1. The molecule has 21 heavy (non-hydrogen) atoms. The molecule has 0 saturated heterocycles. The Morgan fingerprint density at radius 2 is 1.95 bits per heavy atom. The maximum absolute atomic E-state index is 5.50. The molecule has 1 N–H and O–H groups in total. The van der Waals surface area contributed by atoms with Crippen molar-refractivity contribution in [1.29, 1.82) is 0 Å². The van der Waals surface area contributed by atoms with E-state index in [-0.39, 0.29) is 5.54 Å². The van der Waals surface area contributed by atoms with Gasteiger partial charge in [0.25, 0.3) is 0 Å². The van der Waals surface area contributed by atoms with Crippen molar-refractivity contribution >= 4 is 11.8 Å². The normalized spacial score (nSPS) is 22.7. The topological polar surface area (TPSA) is 51.0 Å². The van der Waals surface area contributed by atoms with E-state index in [1.807, 2.05) is 11.8 Å². The smallest absolute Gasteiger partial charge is 0.228 e. The van der Waals surface area contributed by atoms with Gasteiger partial charge in [-0.05, 0) is 32.7 Å². The zero-order chi connectivity index (χ0) is 14.5. The molecule has 0 aliphatic heterocycles. The zero-order valence-electron chi connectivity index (χ0n) is 13.1. The largest absolute Gasteiger partial charge is 0.339 e. The highest BCUT2D eigenvalue weighted by atomic mass is 32.2. The van der Waals surface area contributed by atoms with Crippen LogP contribution in [0.15, 0.2) is 4.52 Å². The highest BCUT2D eigenvalue weighted by Gasteiger charge is 2.32. The fraction of sp³-hybridized carbons (Fsp3) is 0.875. The van der Waals surface area contributed by atoms with E-state index in [1.54, 1.807) is 0 Å². The van der Waals surface area contributed by atoms with Gasteiger partial charge in [0.1, 0.15) is 0 Å². The lowest BCUT2D eigenvalue weighted by molar-refractivity contribution is 0.221. The number of likely N-dealkylation sites (N-methyl/N-ethyl adjacent to an activating group) is 1. The first kappa shape index (κ1) is 15.3. The molecule has 0 unspecified atom stereocenters. The maximum atomic E-state index is 5.50. The molecule has 3 rings (SSSR count). The van der Waals surface area contributed by atoms with Gasteiger partial charge in [0.15, 0.2) is 5.82 Å². The summed E-state index contributed by atoms with van der Waals surface area (Å²) < 4.78 is 5.50. The van der Waals surface area contributed by atoms with Gasteiger partial charge < -0.3 is 9.84 Å². The Hall–Kier alpha value is -0.550. The van der Waals surface area contributed by atoms with Crippen LogP contribution >= 0.6 is 11.8 Å². The Kier molecular flexibility index (Phi) is 5.22. The van der Waals surface area contributed by atoms with Crippen LogP contribution in [-0.2, 0) is 12.2 Å². The quantitative estimate of drug-likeness (QED) is 0.868. The Bertz CT molecular complexity index is 436. The molecular formula is C16H27N3OS. The minimum absolute atomic E-state index is 0.181. The van der Waals surface area contributed by atoms with Crippen LogP contribution in [0.4, 0.5) is 0 Å². The van der Waals surface area contributed by atoms with E-state index in [2.05, 4.69) is 22.5 Å². The summed E-state index contributed by atoms with van der Waals surface area (Å²) in [4.78, 5) is 4.62. The van der Waals surface area contributed by atoms with Crippen LogP contribution in [-0.4, -0.2) is 28.0 Å². The minimum Gasteiger partial charge on any atom is -0.339 e. The van der Waals surface area contributed by atoms with Gasteiger partial charge >= 0.3 is 0 Å². The molecule has 2 aliphatic rings. The number of nitrogens with one attached hydrogen (secondary N) is 1. The first-order valence-electron chi connectivity index (χ1n) is 8.42. The summed E-state index contributed by atoms with van der Waals surface area (Å²) in [6.07, 6.45) is 12.8. The summed E-state index contributed by atoms with van der Waals surface area (Å²) in [5.41, 5.74) is 0.181. The first-order valence-corrected chi connectivity index (χ1v) is 9.46. The Labute approximate surface area is 131 Å². The van der Waals surface area contributed by atoms with Crippen molar-refractivity contribution < 1.29 is 4.52 Å². The molecule has 5 heteroatoms. The first-order chi connectivity index (χ1) is 10.3. The second-order valence-electron chi connectivity index (χ2n) is 6.59. The van der Waals surface area contributed by atoms with Crippen molar-refractivity contribution in [2.75, 3.05) is 7.05 Å². The van der Waals surface area contributed by atoms with E-state index >= 15 is 0 Å². The van der Waals surface area contributed by atoms with Crippen LogP contribution in [0.5, 0.6) is 0 Å². The number of hydrogen-bond acceptors (Lipinski definition) is 5. The van der Waals surface area contributed by atoms with E-state index in [0.29, 0.717) is 0 Å². The third-order valence-electron chi connectivity index (χ3n) is 5.09. The van der Waals surface area contributed by atoms with Crippen molar-refractivity contribution in [1.82, 2.24) is 15.5 Å². The SMILES string of the molecule is CNC1(Cc2nc(CSC3CCCC3)no2)CCCCC1. The Morgan fingerprint density at radius 3 is 2.67 bits per heavy atom. The van der Waals surface area contributed by atoms with Crippen molar-refractivity contribution in [2.24, 2.45) is 0 Å². The molecule has 2 aliphatic carbocycles. The summed E-state index contributed by atoms with van der Waals surface area (Å²) in [6, 6.07) is 0. The van der Waals surface area contributed by atoms with Crippen molar-refractivity contribution in [3.63, 3.8) is 0 Å². The second-order valence-corrected chi connectivity index (χ2v) is 7.88. The molecule has 0 aromatic carbocycles. The van der Waals surface area contributed by atoms with Gasteiger partial charge in [-0.2, -0.15) is 16.7 Å². The van der Waals surface area contributed by atoms with Crippen molar-refractivity contribution in [2.45, 2.75) is 80.7 Å². The molecule has 0 radical (unpaired) electrons. The predicted molar refractivity (Wildman–Crippen MR) is 86.4 cm³/mol. The van der Waals surface area contributed by atoms with Crippen LogP contribution < -0.4 is 5.32 Å². The fourth-order valence-corrected chi connectivity index (χ4v) is 4.87. The van der Waals surface area contributed by atoms with Crippen LogP contribution in [0.1, 0.15) is 69.5 Å². The molecule has 0 bridgehead atoms. The molecule has 118 valence electrons. The van der Waals surface area contributed by atoms with Crippen molar-refractivity contribution in [3.05, 3.63) is 11.7 Å². The molecule has 0 spiro atoms. The number of aromatic nitrogens is 2. The summed E-state index contributed by atoms with van der Waals surface area (Å²) in [5, 5.41) is 8.51. The van der Waals surface area contributed by atoms with E-state index in [0.717, 1.165) is 29.1 Å². The zero-order valence-corrected chi connectivity index (χ0v) is 13.9. The van der Waals surface area contributed by atoms with Gasteiger partial charge in [-0.1, -0.05) is 37.3 Å². The number of rotatable bonds is 6. The summed E-state index contributed by atoms with van der Waals surface area (Å²) in [5.74, 6) is 2.60. The molecular weight excluding hydrogens is 282 g/mol. The lowest BCUT2D eigenvalue weighted by atomic mass is 9.79. The minimum atomic E-state index is 0.181. The summed E-state index contributed by atoms with van der Waals surface area (Å²) >= 11 is 2.00. The monoisotopic (exact) mass is 309 g/mol. The van der Waals surface area contributed by atoms with Gasteiger partial charge in [-0.15, -0.1) is 0 Å². The van der Waals surface area contributed by atoms with E-state index in [1.165, 1.54) is 57.8 Å². The average Bonchev–Trinajstić information content (AvgIpc) is 3.17. The highest BCUT2D eigenvalue weighted by Crippen LogP contribution is 2.32. The maximum Gasteiger partial charge on any atom is 0.228 e. The number of nitrogens with zero attached hydrogens (tertiary/aromatic N) is 2. The molecule has 2 saturated carbocycles. The fourth-order valence-electron chi connectivity index (χ4n) is 3.70.